The van der Waals surface area contributed by atoms with E-state index in [1.54, 1.807) is 42.7 Å². The zero-order valence-corrected chi connectivity index (χ0v) is 15.8. The van der Waals surface area contributed by atoms with Gasteiger partial charge in [-0.25, -0.2) is 9.97 Å². The van der Waals surface area contributed by atoms with Gasteiger partial charge >= 0.3 is 0 Å². The number of likely N-dealkylation sites (tertiary alicyclic amines) is 1. The van der Waals surface area contributed by atoms with Crippen molar-refractivity contribution in [2.75, 3.05) is 27.2 Å². The fourth-order valence-electron chi connectivity index (χ4n) is 3.34. The third kappa shape index (κ3) is 3.17. The predicted octanol–water partition coefficient (Wildman–Crippen LogP) is 2.84. The van der Waals surface area contributed by atoms with Crippen LogP contribution in [0.25, 0.3) is 10.3 Å². The number of thiophene rings is 1. The Hall–Kier alpha value is -1.90. The summed E-state index contributed by atoms with van der Waals surface area (Å²) in [6.07, 6.45) is 4.43. The largest absolute Gasteiger partial charge is 0.344 e. The lowest BCUT2D eigenvalue weighted by atomic mass is 9.97. The second kappa shape index (κ2) is 6.78. The number of nitrogens with zero attached hydrogens (tertiary/aromatic N) is 5. The first kappa shape index (κ1) is 16.6. The van der Waals surface area contributed by atoms with Gasteiger partial charge in [-0.05, 0) is 13.0 Å². The summed E-state index contributed by atoms with van der Waals surface area (Å²) in [6, 6.07) is 0. The molecule has 0 saturated carbocycles. The van der Waals surface area contributed by atoms with Gasteiger partial charge in [0.15, 0.2) is 0 Å². The van der Waals surface area contributed by atoms with Crippen molar-refractivity contribution in [3.05, 3.63) is 39.4 Å². The fourth-order valence-corrected chi connectivity index (χ4v) is 5.10. The van der Waals surface area contributed by atoms with Crippen LogP contribution in [0.1, 0.15) is 33.3 Å². The molecule has 4 heterocycles. The van der Waals surface area contributed by atoms with Crippen LogP contribution in [0, 0.1) is 0 Å². The molecule has 0 bridgehead atoms. The van der Waals surface area contributed by atoms with Crippen molar-refractivity contribution in [2.45, 2.75) is 18.9 Å². The number of carbonyl (C=O) groups excluding carboxylic acids is 1. The van der Waals surface area contributed by atoms with Gasteiger partial charge in [0, 0.05) is 56.4 Å². The Morgan fingerprint density at radius 3 is 2.92 bits per heavy atom. The summed E-state index contributed by atoms with van der Waals surface area (Å²) in [5.74, 6) is 0.348. The molecule has 25 heavy (non-hydrogen) atoms. The number of thiazole rings is 1. The highest BCUT2D eigenvalue weighted by Gasteiger charge is 2.32. The number of aromatic nitrogens is 3. The number of rotatable bonds is 4. The van der Waals surface area contributed by atoms with Crippen molar-refractivity contribution in [3.8, 4) is 0 Å². The van der Waals surface area contributed by atoms with Gasteiger partial charge in [-0.15, -0.1) is 22.7 Å². The number of amides is 1. The average Bonchev–Trinajstić information content (AvgIpc) is 3.33. The molecule has 4 rings (SSSR count). The van der Waals surface area contributed by atoms with E-state index in [0.29, 0.717) is 5.92 Å². The summed E-state index contributed by atoms with van der Waals surface area (Å²) >= 11 is 3.09. The van der Waals surface area contributed by atoms with E-state index in [-0.39, 0.29) is 5.91 Å². The molecule has 0 aromatic carbocycles. The van der Waals surface area contributed by atoms with Gasteiger partial charge in [0.2, 0.25) is 0 Å². The molecule has 1 saturated heterocycles. The average molecular weight is 374 g/mol. The highest BCUT2D eigenvalue weighted by Crippen LogP contribution is 2.39. The molecule has 0 radical (unpaired) electrons. The minimum absolute atomic E-state index is 0.0396. The predicted molar refractivity (Wildman–Crippen MR) is 100 cm³/mol. The molecule has 3 aromatic rings. The first-order chi connectivity index (χ1) is 12.1. The SMILES string of the molecule is CN(C)C(=O)c1sc2nccnc2c1[C@@H]1CCN(Cc2cscn2)C1. The summed E-state index contributed by atoms with van der Waals surface area (Å²) in [4.78, 5) is 31.7. The summed E-state index contributed by atoms with van der Waals surface area (Å²) in [5, 5.41) is 2.10. The molecule has 0 spiro atoms. The minimum atomic E-state index is 0.0396. The molecule has 8 heteroatoms. The summed E-state index contributed by atoms with van der Waals surface area (Å²) in [7, 11) is 3.58. The van der Waals surface area contributed by atoms with Gasteiger partial charge in [0.1, 0.15) is 10.3 Å². The van der Waals surface area contributed by atoms with Crippen LogP contribution in [0.15, 0.2) is 23.3 Å². The van der Waals surface area contributed by atoms with E-state index in [9.17, 15) is 4.79 Å². The topological polar surface area (TPSA) is 62.2 Å². The van der Waals surface area contributed by atoms with Gasteiger partial charge in [0.25, 0.3) is 5.91 Å². The van der Waals surface area contributed by atoms with Crippen LogP contribution in [0.4, 0.5) is 0 Å². The van der Waals surface area contributed by atoms with E-state index in [1.165, 1.54) is 11.3 Å². The molecular formula is C17H19N5OS2. The van der Waals surface area contributed by atoms with E-state index in [4.69, 9.17) is 0 Å². The lowest BCUT2D eigenvalue weighted by Gasteiger charge is -2.16. The zero-order valence-electron chi connectivity index (χ0n) is 14.2. The van der Waals surface area contributed by atoms with Crippen LogP contribution in [0.5, 0.6) is 0 Å². The first-order valence-corrected chi connectivity index (χ1v) is 9.94. The van der Waals surface area contributed by atoms with Crippen LogP contribution in [-0.2, 0) is 6.54 Å². The Morgan fingerprint density at radius 2 is 2.16 bits per heavy atom. The third-order valence-corrected chi connectivity index (χ3v) is 6.24. The van der Waals surface area contributed by atoms with Crippen LogP contribution < -0.4 is 0 Å². The minimum Gasteiger partial charge on any atom is -0.344 e. The molecule has 0 N–H and O–H groups in total. The molecule has 1 fully saturated rings. The second-order valence-electron chi connectivity index (χ2n) is 6.46. The van der Waals surface area contributed by atoms with Gasteiger partial charge in [-0.3, -0.25) is 14.7 Å². The monoisotopic (exact) mass is 373 g/mol. The van der Waals surface area contributed by atoms with Crippen molar-refractivity contribution >= 4 is 38.9 Å². The molecule has 0 unspecified atom stereocenters. The summed E-state index contributed by atoms with van der Waals surface area (Å²) < 4.78 is 0. The molecule has 1 amide bonds. The summed E-state index contributed by atoms with van der Waals surface area (Å²) in [6.45, 7) is 2.80. The highest BCUT2D eigenvalue weighted by molar-refractivity contribution is 7.20. The summed E-state index contributed by atoms with van der Waals surface area (Å²) in [5.41, 5.74) is 4.95. The number of carbonyl (C=O) groups is 1. The smallest absolute Gasteiger partial charge is 0.263 e. The molecular weight excluding hydrogens is 354 g/mol. The van der Waals surface area contributed by atoms with E-state index in [2.05, 4.69) is 25.2 Å². The normalized spacial score (nSPS) is 18.1. The molecule has 1 atom stereocenters. The van der Waals surface area contributed by atoms with Crippen molar-refractivity contribution in [3.63, 3.8) is 0 Å². The third-order valence-electron chi connectivity index (χ3n) is 4.51. The Balaban J connectivity index is 1.66. The van der Waals surface area contributed by atoms with Gasteiger partial charge < -0.3 is 4.90 Å². The second-order valence-corrected chi connectivity index (χ2v) is 8.17. The van der Waals surface area contributed by atoms with Gasteiger partial charge in [-0.1, -0.05) is 0 Å². The standard InChI is InChI=1S/C17H19N5OS2/c1-21(2)17(23)15-13(14-16(25-15)19-5-4-18-14)11-3-6-22(7-11)8-12-9-24-10-20-12/h4-5,9-11H,3,6-8H2,1-2H3/t11-/m1/s1. The van der Waals surface area contributed by atoms with Gasteiger partial charge in [0.05, 0.1) is 16.1 Å². The van der Waals surface area contributed by atoms with Crippen molar-refractivity contribution < 1.29 is 4.79 Å². The lowest BCUT2D eigenvalue weighted by Crippen LogP contribution is -2.23. The quantitative estimate of drug-likeness (QED) is 0.704. The Kier molecular flexibility index (Phi) is 4.49. The zero-order chi connectivity index (χ0) is 17.4. The van der Waals surface area contributed by atoms with E-state index in [1.807, 2.05) is 5.51 Å². The molecule has 1 aliphatic rings. The Labute approximate surface area is 154 Å². The Bertz CT molecular complexity index is 890. The van der Waals surface area contributed by atoms with E-state index in [0.717, 1.165) is 52.5 Å². The van der Waals surface area contributed by atoms with Crippen LogP contribution in [0.3, 0.4) is 0 Å². The number of hydrogen-bond acceptors (Lipinski definition) is 7. The molecule has 130 valence electrons. The lowest BCUT2D eigenvalue weighted by molar-refractivity contribution is 0.0831. The number of fused-ring (bicyclic) bond motifs is 1. The number of hydrogen-bond donors (Lipinski definition) is 0. The maximum Gasteiger partial charge on any atom is 0.263 e. The molecule has 1 aliphatic heterocycles. The molecule has 0 aliphatic carbocycles. The van der Waals surface area contributed by atoms with Crippen molar-refractivity contribution in [1.29, 1.82) is 0 Å². The van der Waals surface area contributed by atoms with Crippen molar-refractivity contribution in [1.82, 2.24) is 24.8 Å². The molecule has 3 aromatic heterocycles. The maximum absolute atomic E-state index is 12.7. The van der Waals surface area contributed by atoms with Crippen LogP contribution >= 0.6 is 22.7 Å². The highest BCUT2D eigenvalue weighted by atomic mass is 32.1. The Morgan fingerprint density at radius 1 is 1.32 bits per heavy atom. The van der Waals surface area contributed by atoms with Crippen LogP contribution in [0.2, 0.25) is 0 Å². The first-order valence-electron chi connectivity index (χ1n) is 8.18. The van der Waals surface area contributed by atoms with E-state index < -0.39 is 0 Å². The van der Waals surface area contributed by atoms with Crippen molar-refractivity contribution in [2.24, 2.45) is 0 Å². The fraction of sp³-hybridized carbons (Fsp3) is 0.412. The molecule has 6 nitrogen and oxygen atoms in total. The maximum atomic E-state index is 12.7. The van der Waals surface area contributed by atoms with Crippen LogP contribution in [-0.4, -0.2) is 57.8 Å². The van der Waals surface area contributed by atoms with Gasteiger partial charge in [-0.2, -0.15) is 0 Å². The van der Waals surface area contributed by atoms with E-state index >= 15 is 0 Å².